The molecule has 0 aliphatic carbocycles. The highest BCUT2D eigenvalue weighted by Gasteiger charge is 2.68. The molecule has 2 aliphatic heterocycles. The van der Waals surface area contributed by atoms with Crippen LogP contribution in [0.1, 0.15) is 27.7 Å². The highest BCUT2D eigenvalue weighted by molar-refractivity contribution is 6.68. The molecule has 1 spiro atoms. The van der Waals surface area contributed by atoms with Gasteiger partial charge in [-0.05, 0) is 0 Å². The zero-order chi connectivity index (χ0) is 12.8. The van der Waals surface area contributed by atoms with Crippen LogP contribution in [-0.4, -0.2) is 55.1 Å². The van der Waals surface area contributed by atoms with Gasteiger partial charge in [0.15, 0.2) is 0 Å². The summed E-state index contributed by atoms with van der Waals surface area (Å²) in [4.78, 5) is 23.1. The maximum atomic E-state index is 11.5. The maximum Gasteiger partial charge on any atom is 0.660 e. The lowest BCUT2D eigenvalue weighted by Crippen LogP contribution is -2.65. The minimum absolute atomic E-state index is 0.111. The molecule has 6 nitrogen and oxygen atoms in total. The Kier molecular flexibility index (Phi) is 3.00. The number of hydrogen-bond acceptors (Lipinski definition) is 6. The molecule has 0 bridgehead atoms. The minimum Gasteiger partial charge on any atom is -0.460 e. The monoisotopic (exact) mass is 258 g/mol. The van der Waals surface area contributed by atoms with Crippen molar-refractivity contribution in [1.82, 2.24) is 9.13 Å². The molecule has 0 aromatic heterocycles. The summed E-state index contributed by atoms with van der Waals surface area (Å²) in [6.07, 6.45) is 0. The van der Waals surface area contributed by atoms with E-state index < -0.39 is 8.88 Å². The van der Waals surface area contributed by atoms with Gasteiger partial charge >= 0.3 is 20.8 Å². The normalized spacial score (nSPS) is 25.1. The summed E-state index contributed by atoms with van der Waals surface area (Å²) in [7, 11) is -3.01. The number of hydrogen-bond donors (Lipinski definition) is 0. The van der Waals surface area contributed by atoms with Crippen molar-refractivity contribution in [2.45, 2.75) is 39.8 Å². The van der Waals surface area contributed by atoms with Crippen LogP contribution in [0.4, 0.5) is 0 Å². The van der Waals surface area contributed by atoms with Gasteiger partial charge in [0.2, 0.25) is 0 Å². The first-order valence-corrected chi connectivity index (χ1v) is 7.55. The Balaban J connectivity index is 2.37. The number of carbonyl (C=O) groups excluding carboxylic acids is 2. The second kappa shape index (κ2) is 4.07. The van der Waals surface area contributed by atoms with Crippen LogP contribution in [0.3, 0.4) is 0 Å². The fourth-order valence-corrected chi connectivity index (χ4v) is 5.80. The topological polar surface area (TPSA) is 59.1 Å². The molecule has 2 saturated heterocycles. The quantitative estimate of drug-likeness (QED) is 0.648. The summed E-state index contributed by atoms with van der Waals surface area (Å²) < 4.78 is 14.7. The molecule has 0 unspecified atom stereocenters. The molecular formula is C10H18N2O4Si. The minimum atomic E-state index is -3.01. The predicted octanol–water partition coefficient (Wildman–Crippen LogP) is -0.0436. The average molecular weight is 258 g/mol. The Hall–Kier alpha value is -0.923. The van der Waals surface area contributed by atoms with Gasteiger partial charge in [0.1, 0.15) is 0 Å². The first kappa shape index (κ1) is 12.5. The lowest BCUT2D eigenvalue weighted by Gasteiger charge is -2.35. The Morgan fingerprint density at radius 3 is 1.59 bits per heavy atom. The van der Waals surface area contributed by atoms with E-state index in [2.05, 4.69) is 0 Å². The molecule has 2 rings (SSSR count). The number of nitrogens with zero attached hydrogens (tertiary/aromatic N) is 2. The van der Waals surface area contributed by atoms with Crippen molar-refractivity contribution in [3.8, 4) is 0 Å². The lowest BCUT2D eigenvalue weighted by molar-refractivity contribution is -0.135. The van der Waals surface area contributed by atoms with Crippen LogP contribution in [-0.2, 0) is 18.4 Å². The van der Waals surface area contributed by atoms with Crippen molar-refractivity contribution in [2.75, 3.05) is 13.1 Å². The van der Waals surface area contributed by atoms with Gasteiger partial charge in [0.05, 0.1) is 13.1 Å². The molecule has 0 aromatic rings. The van der Waals surface area contributed by atoms with E-state index in [4.69, 9.17) is 8.85 Å². The highest BCUT2D eigenvalue weighted by Crippen LogP contribution is 2.32. The molecule has 7 heteroatoms. The summed E-state index contributed by atoms with van der Waals surface area (Å²) in [5.41, 5.74) is 0. The highest BCUT2D eigenvalue weighted by atomic mass is 28.4. The van der Waals surface area contributed by atoms with Gasteiger partial charge in [-0.2, -0.15) is 0 Å². The van der Waals surface area contributed by atoms with Crippen molar-refractivity contribution in [3.63, 3.8) is 0 Å². The third-order valence-electron chi connectivity index (χ3n) is 3.07. The average Bonchev–Trinajstić information content (AvgIpc) is 2.68. The molecule has 96 valence electrons. The van der Waals surface area contributed by atoms with Crippen LogP contribution in [0, 0.1) is 0 Å². The molecule has 0 radical (unpaired) electrons. The molecule has 2 heterocycles. The van der Waals surface area contributed by atoms with Gasteiger partial charge in [0.25, 0.3) is 0 Å². The first-order chi connectivity index (χ1) is 7.86. The second-order valence-electron chi connectivity index (χ2n) is 4.94. The summed E-state index contributed by atoms with van der Waals surface area (Å²) in [5.74, 6) is -0.601. The van der Waals surface area contributed by atoms with E-state index in [9.17, 15) is 9.59 Å². The van der Waals surface area contributed by atoms with Crippen LogP contribution >= 0.6 is 0 Å². The van der Waals surface area contributed by atoms with Crippen LogP contribution in [0.5, 0.6) is 0 Å². The van der Waals surface area contributed by atoms with Gasteiger partial charge in [-0.1, -0.05) is 27.7 Å². The van der Waals surface area contributed by atoms with E-state index in [0.717, 1.165) is 0 Å². The Bertz CT molecular complexity index is 324. The fourth-order valence-electron chi connectivity index (χ4n) is 2.28. The maximum absolute atomic E-state index is 11.5. The summed E-state index contributed by atoms with van der Waals surface area (Å²) >= 11 is 0. The van der Waals surface area contributed by atoms with Gasteiger partial charge in [-0.15, -0.1) is 0 Å². The van der Waals surface area contributed by atoms with E-state index in [1.54, 1.807) is 0 Å². The Morgan fingerprint density at radius 2 is 1.29 bits per heavy atom. The van der Waals surface area contributed by atoms with Crippen molar-refractivity contribution in [2.24, 2.45) is 0 Å². The summed E-state index contributed by atoms with van der Waals surface area (Å²) in [6.45, 7) is 8.31. The predicted molar refractivity (Wildman–Crippen MR) is 61.6 cm³/mol. The van der Waals surface area contributed by atoms with Crippen molar-refractivity contribution < 1.29 is 18.4 Å². The SMILES string of the molecule is CC(C)N1CC(=O)O[Si]12OC(=O)CN2C(C)C. The zero-order valence-corrected chi connectivity index (χ0v) is 11.6. The third-order valence-corrected chi connectivity index (χ3v) is 6.85. The van der Waals surface area contributed by atoms with Gasteiger partial charge < -0.3 is 8.85 Å². The van der Waals surface area contributed by atoms with Crippen molar-refractivity contribution in [1.29, 1.82) is 0 Å². The van der Waals surface area contributed by atoms with E-state index in [-0.39, 0.29) is 37.1 Å². The summed E-state index contributed by atoms with van der Waals surface area (Å²) in [6, 6.07) is 0.223. The second-order valence-corrected chi connectivity index (χ2v) is 7.59. The number of rotatable bonds is 2. The van der Waals surface area contributed by atoms with Crippen LogP contribution in [0.2, 0.25) is 0 Å². The molecule has 0 N–H and O–H groups in total. The van der Waals surface area contributed by atoms with Crippen LogP contribution in [0.25, 0.3) is 0 Å². The summed E-state index contributed by atoms with van der Waals surface area (Å²) in [5, 5.41) is 0. The standard InChI is InChI=1S/C10H18N2O4Si/c1-7(2)11-5-9(13)15-17(11)12(8(3)4)6-10(14)16-17/h7-8H,5-6H2,1-4H3. The van der Waals surface area contributed by atoms with E-state index in [0.29, 0.717) is 0 Å². The van der Waals surface area contributed by atoms with Gasteiger partial charge in [-0.3, -0.25) is 9.59 Å². The number of carbonyl (C=O) groups is 2. The largest absolute Gasteiger partial charge is 0.660 e. The van der Waals surface area contributed by atoms with Gasteiger partial charge in [-0.25, -0.2) is 9.13 Å². The van der Waals surface area contributed by atoms with Crippen LogP contribution < -0.4 is 0 Å². The third kappa shape index (κ3) is 1.88. The smallest absolute Gasteiger partial charge is 0.460 e. The van der Waals surface area contributed by atoms with E-state index >= 15 is 0 Å². The molecule has 17 heavy (non-hydrogen) atoms. The van der Waals surface area contributed by atoms with Gasteiger partial charge in [0, 0.05) is 12.1 Å². The zero-order valence-electron chi connectivity index (χ0n) is 10.6. The van der Waals surface area contributed by atoms with E-state index in [1.807, 2.05) is 36.8 Å². The molecular weight excluding hydrogens is 240 g/mol. The Labute approximate surface area is 102 Å². The Morgan fingerprint density at radius 1 is 0.941 bits per heavy atom. The van der Waals surface area contributed by atoms with Crippen molar-refractivity contribution >= 4 is 20.8 Å². The van der Waals surface area contributed by atoms with Crippen molar-refractivity contribution in [3.05, 3.63) is 0 Å². The molecule has 2 fully saturated rings. The van der Waals surface area contributed by atoms with E-state index in [1.165, 1.54) is 0 Å². The molecule has 2 aliphatic rings. The fraction of sp³-hybridized carbons (Fsp3) is 0.800. The molecule has 0 aromatic carbocycles. The molecule has 0 atom stereocenters. The molecule has 0 amide bonds. The first-order valence-electron chi connectivity index (χ1n) is 5.84. The molecule has 0 saturated carbocycles. The lowest BCUT2D eigenvalue weighted by atomic mass is 10.4. The van der Waals surface area contributed by atoms with Crippen LogP contribution in [0.15, 0.2) is 0 Å².